The second-order valence-electron chi connectivity index (χ2n) is 3.81. The molecule has 0 saturated carbocycles. The Kier molecular flexibility index (Phi) is 1.56. The molecule has 1 heterocycles. The average Bonchev–Trinajstić information content (AvgIpc) is 1.78. The van der Waals surface area contributed by atoms with E-state index < -0.39 is 0 Å². The molecule has 0 spiro atoms. The number of thioether (sulfide) groups is 1. The highest BCUT2D eigenvalue weighted by atomic mass is 32.2. The van der Waals surface area contributed by atoms with Crippen molar-refractivity contribution in [2.24, 2.45) is 0 Å². The standard InChI is InChI=1S/C7H15NS/c1-6(2)5-9-7(3,4)8-6/h8H,5H2,1-4H3. The fourth-order valence-corrected chi connectivity index (χ4v) is 2.39. The lowest BCUT2D eigenvalue weighted by Crippen LogP contribution is -2.43. The molecule has 0 amide bonds. The Balaban J connectivity index is 2.58. The molecular formula is C7H15NS. The van der Waals surface area contributed by atoms with Crippen LogP contribution in [0.5, 0.6) is 0 Å². The monoisotopic (exact) mass is 145 g/mol. The van der Waals surface area contributed by atoms with Gasteiger partial charge in [0.15, 0.2) is 0 Å². The maximum absolute atomic E-state index is 3.53. The third kappa shape index (κ3) is 1.87. The van der Waals surface area contributed by atoms with Gasteiger partial charge >= 0.3 is 0 Å². The molecule has 1 aliphatic heterocycles. The molecule has 0 radical (unpaired) electrons. The van der Waals surface area contributed by atoms with Gasteiger partial charge in [-0.3, -0.25) is 5.32 Å². The molecule has 1 aliphatic rings. The van der Waals surface area contributed by atoms with Gasteiger partial charge in [-0.25, -0.2) is 0 Å². The largest absolute Gasteiger partial charge is 0.297 e. The summed E-state index contributed by atoms with van der Waals surface area (Å²) in [6.07, 6.45) is 0. The van der Waals surface area contributed by atoms with E-state index in [-0.39, 0.29) is 0 Å². The topological polar surface area (TPSA) is 12.0 Å². The van der Waals surface area contributed by atoms with E-state index in [1.54, 1.807) is 0 Å². The van der Waals surface area contributed by atoms with Crippen molar-refractivity contribution in [3.63, 3.8) is 0 Å². The molecule has 0 aromatic heterocycles. The van der Waals surface area contributed by atoms with Gasteiger partial charge in [0.2, 0.25) is 0 Å². The van der Waals surface area contributed by atoms with Gasteiger partial charge in [-0.05, 0) is 27.7 Å². The summed E-state index contributed by atoms with van der Waals surface area (Å²) >= 11 is 2.00. The maximum atomic E-state index is 3.53. The summed E-state index contributed by atoms with van der Waals surface area (Å²) in [6.45, 7) is 8.95. The molecule has 0 aromatic rings. The van der Waals surface area contributed by atoms with Crippen LogP contribution in [0, 0.1) is 0 Å². The Morgan fingerprint density at radius 2 is 1.78 bits per heavy atom. The van der Waals surface area contributed by atoms with Crippen molar-refractivity contribution in [3.05, 3.63) is 0 Å². The van der Waals surface area contributed by atoms with Crippen molar-refractivity contribution < 1.29 is 0 Å². The van der Waals surface area contributed by atoms with Crippen LogP contribution in [-0.2, 0) is 0 Å². The van der Waals surface area contributed by atoms with Gasteiger partial charge in [0.1, 0.15) is 0 Å². The highest BCUT2D eigenvalue weighted by molar-refractivity contribution is 8.00. The fraction of sp³-hybridized carbons (Fsp3) is 1.00. The zero-order chi connectivity index (χ0) is 7.12. The predicted molar refractivity (Wildman–Crippen MR) is 43.8 cm³/mol. The van der Waals surface area contributed by atoms with E-state index in [1.807, 2.05) is 11.8 Å². The molecule has 0 atom stereocenters. The minimum absolute atomic E-state index is 0.295. The molecule has 2 heteroatoms. The minimum Gasteiger partial charge on any atom is -0.297 e. The Morgan fingerprint density at radius 3 is 1.89 bits per heavy atom. The van der Waals surface area contributed by atoms with E-state index in [0.29, 0.717) is 10.4 Å². The first kappa shape index (κ1) is 7.42. The highest BCUT2D eigenvalue weighted by Gasteiger charge is 2.35. The van der Waals surface area contributed by atoms with Crippen LogP contribution in [0.1, 0.15) is 27.7 Å². The molecule has 1 rings (SSSR count). The van der Waals surface area contributed by atoms with Gasteiger partial charge in [-0.2, -0.15) is 0 Å². The SMILES string of the molecule is CC1(C)CSC(C)(C)N1. The number of hydrogen-bond acceptors (Lipinski definition) is 2. The predicted octanol–water partition coefficient (Wildman–Crippen LogP) is 1.84. The molecule has 9 heavy (non-hydrogen) atoms. The van der Waals surface area contributed by atoms with Gasteiger partial charge in [0.05, 0.1) is 4.87 Å². The zero-order valence-corrected chi connectivity index (χ0v) is 7.43. The summed E-state index contributed by atoms with van der Waals surface area (Å²) < 4.78 is 0. The van der Waals surface area contributed by atoms with Crippen LogP contribution in [0.4, 0.5) is 0 Å². The van der Waals surface area contributed by atoms with Crippen LogP contribution >= 0.6 is 11.8 Å². The van der Waals surface area contributed by atoms with Gasteiger partial charge < -0.3 is 0 Å². The molecule has 0 aliphatic carbocycles. The number of rotatable bonds is 0. The van der Waals surface area contributed by atoms with E-state index in [1.165, 1.54) is 5.75 Å². The summed E-state index contributed by atoms with van der Waals surface area (Å²) in [4.78, 5) is 0.295. The van der Waals surface area contributed by atoms with E-state index >= 15 is 0 Å². The normalized spacial score (nSPS) is 30.7. The Bertz CT molecular complexity index is 104. The fourth-order valence-electron chi connectivity index (χ4n) is 1.25. The van der Waals surface area contributed by atoms with Crippen molar-refractivity contribution in [2.45, 2.75) is 38.1 Å². The van der Waals surface area contributed by atoms with Crippen molar-refractivity contribution >= 4 is 11.8 Å². The number of hydrogen-bond donors (Lipinski definition) is 1. The van der Waals surface area contributed by atoms with Crippen LogP contribution < -0.4 is 5.32 Å². The first-order valence-corrected chi connectivity index (χ1v) is 4.33. The Hall–Kier alpha value is 0.310. The molecule has 54 valence electrons. The van der Waals surface area contributed by atoms with E-state index in [0.717, 1.165) is 0 Å². The van der Waals surface area contributed by atoms with Crippen molar-refractivity contribution in [2.75, 3.05) is 5.75 Å². The molecular weight excluding hydrogens is 130 g/mol. The van der Waals surface area contributed by atoms with Gasteiger partial charge in [-0.1, -0.05) is 0 Å². The van der Waals surface area contributed by atoms with Gasteiger partial charge in [0, 0.05) is 11.3 Å². The molecule has 1 fully saturated rings. The minimum atomic E-state index is 0.295. The van der Waals surface area contributed by atoms with E-state index in [9.17, 15) is 0 Å². The average molecular weight is 145 g/mol. The van der Waals surface area contributed by atoms with Crippen LogP contribution in [-0.4, -0.2) is 16.2 Å². The second-order valence-corrected chi connectivity index (χ2v) is 5.41. The zero-order valence-electron chi connectivity index (χ0n) is 6.62. The highest BCUT2D eigenvalue weighted by Crippen LogP contribution is 2.34. The van der Waals surface area contributed by atoms with Gasteiger partial charge in [0.25, 0.3) is 0 Å². The molecule has 0 aromatic carbocycles. The smallest absolute Gasteiger partial charge is 0.0593 e. The molecule has 0 bridgehead atoms. The van der Waals surface area contributed by atoms with Crippen LogP contribution in [0.2, 0.25) is 0 Å². The summed E-state index contributed by atoms with van der Waals surface area (Å²) in [5.74, 6) is 1.22. The molecule has 1 saturated heterocycles. The summed E-state index contributed by atoms with van der Waals surface area (Å²) in [5, 5.41) is 3.53. The van der Waals surface area contributed by atoms with E-state index in [2.05, 4.69) is 33.0 Å². The Morgan fingerprint density at radius 1 is 1.22 bits per heavy atom. The first-order chi connectivity index (χ1) is 3.91. The van der Waals surface area contributed by atoms with Crippen LogP contribution in [0.15, 0.2) is 0 Å². The van der Waals surface area contributed by atoms with Crippen LogP contribution in [0.3, 0.4) is 0 Å². The first-order valence-electron chi connectivity index (χ1n) is 3.35. The molecule has 1 N–H and O–H groups in total. The molecule has 0 unspecified atom stereocenters. The summed E-state index contributed by atoms with van der Waals surface area (Å²) in [5.41, 5.74) is 0.341. The van der Waals surface area contributed by atoms with Crippen LogP contribution in [0.25, 0.3) is 0 Å². The molecule has 1 nitrogen and oxygen atoms in total. The third-order valence-electron chi connectivity index (χ3n) is 1.43. The van der Waals surface area contributed by atoms with Crippen molar-refractivity contribution in [3.8, 4) is 0 Å². The quantitative estimate of drug-likeness (QED) is 0.558. The lowest BCUT2D eigenvalue weighted by Gasteiger charge is -2.23. The van der Waals surface area contributed by atoms with Crippen molar-refractivity contribution in [1.29, 1.82) is 0 Å². The Labute approximate surface area is 61.6 Å². The lowest BCUT2D eigenvalue weighted by molar-refractivity contribution is 0.398. The number of nitrogens with one attached hydrogen (secondary N) is 1. The van der Waals surface area contributed by atoms with Gasteiger partial charge in [-0.15, -0.1) is 11.8 Å². The third-order valence-corrected chi connectivity index (χ3v) is 3.12. The second kappa shape index (κ2) is 1.89. The summed E-state index contributed by atoms with van der Waals surface area (Å²) in [7, 11) is 0. The van der Waals surface area contributed by atoms with E-state index in [4.69, 9.17) is 0 Å². The maximum Gasteiger partial charge on any atom is 0.0593 e. The lowest BCUT2D eigenvalue weighted by atomic mass is 10.1. The van der Waals surface area contributed by atoms with Crippen molar-refractivity contribution in [1.82, 2.24) is 5.32 Å². The summed E-state index contributed by atoms with van der Waals surface area (Å²) in [6, 6.07) is 0.